The van der Waals surface area contributed by atoms with Crippen LogP contribution in [0.5, 0.6) is 5.75 Å². The average Bonchev–Trinajstić information content (AvgIpc) is 3.22. The Morgan fingerprint density at radius 1 is 1.31 bits per heavy atom. The molecule has 3 rings (SSSR count). The molecule has 2 fully saturated rings. The summed E-state index contributed by atoms with van der Waals surface area (Å²) in [6.45, 7) is 7.78. The molecule has 1 heterocycles. The lowest BCUT2D eigenvalue weighted by molar-refractivity contribution is -0.125. The van der Waals surface area contributed by atoms with E-state index in [0.29, 0.717) is 19.6 Å². The van der Waals surface area contributed by atoms with Crippen LogP contribution in [0.1, 0.15) is 32.3 Å². The van der Waals surface area contributed by atoms with Crippen molar-refractivity contribution in [1.82, 2.24) is 15.5 Å². The van der Waals surface area contributed by atoms with Crippen molar-refractivity contribution < 1.29 is 14.3 Å². The van der Waals surface area contributed by atoms with Crippen LogP contribution in [0.2, 0.25) is 0 Å². The van der Waals surface area contributed by atoms with Crippen molar-refractivity contribution in [1.29, 1.82) is 0 Å². The largest absolute Gasteiger partial charge is 0.497 e. The Morgan fingerprint density at radius 3 is 2.58 bits per heavy atom. The molecule has 1 aliphatic heterocycles. The maximum absolute atomic E-state index is 13.0. The second-order valence-electron chi connectivity index (χ2n) is 7.93. The highest BCUT2D eigenvalue weighted by atomic mass is 16.5. The van der Waals surface area contributed by atoms with Gasteiger partial charge in [0.15, 0.2) is 0 Å². The van der Waals surface area contributed by atoms with Gasteiger partial charge in [0, 0.05) is 26.2 Å². The van der Waals surface area contributed by atoms with Crippen LogP contribution in [0, 0.1) is 5.41 Å². The number of rotatable bonds is 7. The van der Waals surface area contributed by atoms with Crippen LogP contribution in [0.15, 0.2) is 24.3 Å². The van der Waals surface area contributed by atoms with Gasteiger partial charge in [-0.1, -0.05) is 26.0 Å². The Morgan fingerprint density at radius 2 is 2.00 bits per heavy atom. The molecule has 26 heavy (non-hydrogen) atoms. The first-order valence-electron chi connectivity index (χ1n) is 9.31. The molecule has 0 aromatic heterocycles. The van der Waals surface area contributed by atoms with Crippen LogP contribution < -0.4 is 15.4 Å². The number of ether oxygens (including phenoxy) is 1. The molecule has 1 aromatic rings. The summed E-state index contributed by atoms with van der Waals surface area (Å²) in [5.74, 6) is 0.982. The molecule has 2 N–H and O–H groups in total. The van der Waals surface area contributed by atoms with Crippen LogP contribution in [0.3, 0.4) is 0 Å². The van der Waals surface area contributed by atoms with E-state index in [1.807, 2.05) is 24.3 Å². The third-order valence-electron chi connectivity index (χ3n) is 5.76. The highest BCUT2D eigenvalue weighted by molar-refractivity contribution is 5.93. The predicted octanol–water partition coefficient (Wildman–Crippen LogP) is 1.30. The Kier molecular flexibility index (Phi) is 5.23. The van der Waals surface area contributed by atoms with E-state index in [4.69, 9.17) is 4.74 Å². The van der Waals surface area contributed by atoms with Gasteiger partial charge in [0.2, 0.25) is 11.8 Å². The van der Waals surface area contributed by atoms with Crippen molar-refractivity contribution in [2.45, 2.75) is 32.1 Å². The maximum atomic E-state index is 13.0. The van der Waals surface area contributed by atoms with E-state index in [-0.39, 0.29) is 17.2 Å². The van der Waals surface area contributed by atoms with Gasteiger partial charge < -0.3 is 15.4 Å². The molecule has 2 aliphatic rings. The standard InChI is InChI=1S/C20H29N3O3/c1-19(2)14-20(19,15-5-7-16(26-3)8-6-15)18(25)22-9-4-11-23-12-10-21-17(24)13-23/h5-8H,4,9-14H2,1-3H3,(H,21,24)(H,22,25)/t20-/m1/s1. The zero-order valence-electron chi connectivity index (χ0n) is 15.9. The minimum Gasteiger partial charge on any atom is -0.497 e. The number of carbonyl (C=O) groups is 2. The Hall–Kier alpha value is -2.08. The van der Waals surface area contributed by atoms with Crippen LogP contribution in [0.25, 0.3) is 0 Å². The first kappa shape index (κ1) is 18.7. The number of methoxy groups -OCH3 is 1. The van der Waals surface area contributed by atoms with Gasteiger partial charge in [-0.3, -0.25) is 14.5 Å². The fourth-order valence-electron chi connectivity index (χ4n) is 4.04. The Balaban J connectivity index is 1.55. The van der Waals surface area contributed by atoms with Crippen molar-refractivity contribution in [2.24, 2.45) is 5.41 Å². The second-order valence-corrected chi connectivity index (χ2v) is 7.93. The minimum absolute atomic E-state index is 0.0450. The summed E-state index contributed by atoms with van der Waals surface area (Å²) in [6, 6.07) is 7.83. The predicted molar refractivity (Wildman–Crippen MR) is 100 cm³/mol. The van der Waals surface area contributed by atoms with E-state index in [9.17, 15) is 9.59 Å². The summed E-state index contributed by atoms with van der Waals surface area (Å²) in [6.07, 6.45) is 1.70. The zero-order valence-corrected chi connectivity index (χ0v) is 15.9. The molecular formula is C20H29N3O3. The van der Waals surface area contributed by atoms with Crippen LogP contribution in [-0.2, 0) is 15.0 Å². The van der Waals surface area contributed by atoms with E-state index < -0.39 is 5.41 Å². The normalized spacial score (nSPS) is 24.7. The number of nitrogens with zero attached hydrogens (tertiary/aromatic N) is 1. The topological polar surface area (TPSA) is 70.7 Å². The summed E-state index contributed by atoms with van der Waals surface area (Å²) in [7, 11) is 1.64. The van der Waals surface area contributed by atoms with E-state index in [2.05, 4.69) is 29.4 Å². The summed E-state index contributed by atoms with van der Waals surface area (Å²) in [4.78, 5) is 26.5. The zero-order chi connectivity index (χ0) is 18.8. The Bertz CT molecular complexity index is 671. The SMILES string of the molecule is COc1ccc([C@@]2(C(=O)NCCCN3CCNC(=O)C3)CC2(C)C)cc1. The number of hydrogen-bond acceptors (Lipinski definition) is 4. The van der Waals surface area contributed by atoms with Crippen LogP contribution in [0.4, 0.5) is 0 Å². The van der Waals surface area contributed by atoms with E-state index in [1.165, 1.54) is 0 Å². The number of benzene rings is 1. The van der Waals surface area contributed by atoms with E-state index in [1.54, 1.807) is 7.11 Å². The average molecular weight is 359 g/mol. The molecule has 6 heteroatoms. The molecule has 2 amide bonds. The lowest BCUT2D eigenvalue weighted by Crippen LogP contribution is -2.48. The molecule has 0 bridgehead atoms. The molecule has 1 aromatic carbocycles. The van der Waals surface area contributed by atoms with Crippen molar-refractivity contribution in [3.05, 3.63) is 29.8 Å². The summed E-state index contributed by atoms with van der Waals surface area (Å²) in [5.41, 5.74) is 0.550. The first-order chi connectivity index (χ1) is 12.4. The molecule has 6 nitrogen and oxygen atoms in total. The molecule has 1 saturated carbocycles. The van der Waals surface area contributed by atoms with Gasteiger partial charge in [-0.05, 0) is 36.0 Å². The smallest absolute Gasteiger partial charge is 0.234 e. The highest BCUT2D eigenvalue weighted by Gasteiger charge is 2.66. The molecular weight excluding hydrogens is 330 g/mol. The molecule has 1 atom stereocenters. The fraction of sp³-hybridized carbons (Fsp3) is 0.600. The number of nitrogens with one attached hydrogen (secondary N) is 2. The minimum atomic E-state index is -0.454. The van der Waals surface area contributed by atoms with Gasteiger partial charge in [0.25, 0.3) is 0 Å². The van der Waals surface area contributed by atoms with Gasteiger partial charge in [-0.25, -0.2) is 0 Å². The van der Waals surface area contributed by atoms with Gasteiger partial charge >= 0.3 is 0 Å². The van der Waals surface area contributed by atoms with Crippen LogP contribution >= 0.6 is 0 Å². The van der Waals surface area contributed by atoms with Crippen molar-refractivity contribution in [2.75, 3.05) is 39.8 Å². The number of amides is 2. The number of piperazine rings is 1. The molecule has 0 radical (unpaired) electrons. The molecule has 1 aliphatic carbocycles. The van der Waals surface area contributed by atoms with Gasteiger partial charge in [-0.2, -0.15) is 0 Å². The first-order valence-corrected chi connectivity index (χ1v) is 9.31. The van der Waals surface area contributed by atoms with Gasteiger partial charge in [0.1, 0.15) is 5.75 Å². The number of carbonyl (C=O) groups excluding carboxylic acids is 2. The highest BCUT2D eigenvalue weighted by Crippen LogP contribution is 2.64. The van der Waals surface area contributed by atoms with E-state index in [0.717, 1.165) is 37.2 Å². The quantitative estimate of drug-likeness (QED) is 0.720. The lowest BCUT2D eigenvalue weighted by atomic mass is 9.87. The van der Waals surface area contributed by atoms with Gasteiger partial charge in [0.05, 0.1) is 19.1 Å². The van der Waals surface area contributed by atoms with Crippen molar-refractivity contribution >= 4 is 11.8 Å². The lowest BCUT2D eigenvalue weighted by Gasteiger charge is -2.26. The summed E-state index contributed by atoms with van der Waals surface area (Å²) < 4.78 is 5.23. The fourth-order valence-corrected chi connectivity index (χ4v) is 4.04. The van der Waals surface area contributed by atoms with Crippen molar-refractivity contribution in [3.8, 4) is 5.75 Å². The van der Waals surface area contributed by atoms with Crippen LogP contribution in [-0.4, -0.2) is 56.5 Å². The monoisotopic (exact) mass is 359 g/mol. The summed E-state index contributed by atoms with van der Waals surface area (Å²) >= 11 is 0. The Labute approximate surface area is 155 Å². The maximum Gasteiger partial charge on any atom is 0.234 e. The molecule has 142 valence electrons. The third-order valence-corrected chi connectivity index (χ3v) is 5.76. The van der Waals surface area contributed by atoms with Gasteiger partial charge in [-0.15, -0.1) is 0 Å². The van der Waals surface area contributed by atoms with Crippen molar-refractivity contribution in [3.63, 3.8) is 0 Å². The molecule has 1 saturated heterocycles. The number of hydrogen-bond donors (Lipinski definition) is 2. The second kappa shape index (κ2) is 7.27. The molecule has 0 unspecified atom stereocenters. The third kappa shape index (κ3) is 3.56. The summed E-state index contributed by atoms with van der Waals surface area (Å²) in [5, 5.41) is 5.95. The van der Waals surface area contributed by atoms with E-state index >= 15 is 0 Å². The molecule has 0 spiro atoms.